The molecule has 3 atom stereocenters. The summed E-state index contributed by atoms with van der Waals surface area (Å²) < 4.78 is 27.4. The van der Waals surface area contributed by atoms with Crippen LogP contribution in [0.4, 0.5) is 8.78 Å². The molecule has 1 aromatic heterocycles. The summed E-state index contributed by atoms with van der Waals surface area (Å²) in [5.41, 5.74) is 1.30. The van der Waals surface area contributed by atoms with E-state index in [0.717, 1.165) is 44.1 Å². The van der Waals surface area contributed by atoms with E-state index in [4.69, 9.17) is 0 Å². The van der Waals surface area contributed by atoms with Gasteiger partial charge in [-0.1, -0.05) is 12.1 Å². The first-order valence-electron chi connectivity index (χ1n) is 9.99. The molecule has 0 radical (unpaired) electrons. The van der Waals surface area contributed by atoms with Crippen LogP contribution in [-0.2, 0) is 11.3 Å². The molecule has 1 saturated heterocycles. The number of benzene rings is 1. The van der Waals surface area contributed by atoms with Gasteiger partial charge < -0.3 is 10.2 Å². The molecule has 1 N–H and O–H groups in total. The first kappa shape index (κ1) is 19.0. The molecule has 6 heteroatoms. The molecule has 2 fully saturated rings. The lowest BCUT2D eigenvalue weighted by atomic mass is 10.0. The Morgan fingerprint density at radius 1 is 1.18 bits per heavy atom. The van der Waals surface area contributed by atoms with E-state index in [9.17, 15) is 13.6 Å². The number of hydrogen-bond donors (Lipinski definition) is 1. The number of hydrogen-bond acceptors (Lipinski definition) is 3. The van der Waals surface area contributed by atoms with Gasteiger partial charge in [-0.25, -0.2) is 8.78 Å². The van der Waals surface area contributed by atoms with Crippen LogP contribution in [0.3, 0.4) is 0 Å². The van der Waals surface area contributed by atoms with E-state index >= 15 is 0 Å². The van der Waals surface area contributed by atoms with Crippen molar-refractivity contribution in [2.75, 3.05) is 13.1 Å². The molecule has 2 aliphatic rings. The summed E-state index contributed by atoms with van der Waals surface area (Å²) in [6, 6.07) is 9.51. The highest BCUT2D eigenvalue weighted by molar-refractivity contribution is 5.83. The Labute approximate surface area is 164 Å². The topological polar surface area (TPSA) is 45.2 Å². The molecule has 1 aliphatic carbocycles. The quantitative estimate of drug-likeness (QED) is 0.855. The lowest BCUT2D eigenvalue weighted by Gasteiger charge is -2.31. The lowest BCUT2D eigenvalue weighted by molar-refractivity contribution is -0.136. The van der Waals surface area contributed by atoms with Gasteiger partial charge in [0.15, 0.2) is 0 Å². The minimum atomic E-state index is -0.590. The van der Waals surface area contributed by atoms with E-state index in [1.54, 1.807) is 6.20 Å². The molecule has 28 heavy (non-hydrogen) atoms. The number of nitrogens with one attached hydrogen (secondary N) is 1. The second kappa shape index (κ2) is 8.35. The number of rotatable bonds is 5. The second-order valence-electron chi connectivity index (χ2n) is 7.74. The maximum atomic E-state index is 14.2. The van der Waals surface area contributed by atoms with Crippen molar-refractivity contribution in [1.29, 1.82) is 0 Å². The maximum absolute atomic E-state index is 14.2. The number of carbonyl (C=O) groups excluding carboxylic acids is 1. The molecule has 4 rings (SSSR count). The zero-order chi connectivity index (χ0) is 19.5. The average Bonchev–Trinajstić information content (AvgIpc) is 3.50. The zero-order valence-electron chi connectivity index (χ0n) is 15.8. The van der Waals surface area contributed by atoms with Gasteiger partial charge in [0.25, 0.3) is 0 Å². The van der Waals surface area contributed by atoms with Crippen LogP contribution in [0.25, 0.3) is 0 Å². The Balaban J connectivity index is 1.53. The largest absolute Gasteiger partial charge is 0.334 e. The van der Waals surface area contributed by atoms with Gasteiger partial charge in [-0.3, -0.25) is 9.78 Å². The summed E-state index contributed by atoms with van der Waals surface area (Å²) in [6.45, 7) is 2.33. The molecule has 1 aliphatic heterocycles. The van der Waals surface area contributed by atoms with E-state index in [0.29, 0.717) is 18.5 Å². The second-order valence-corrected chi connectivity index (χ2v) is 7.74. The monoisotopic (exact) mass is 385 g/mol. The van der Waals surface area contributed by atoms with Gasteiger partial charge in [0.2, 0.25) is 5.91 Å². The van der Waals surface area contributed by atoms with Crippen LogP contribution in [0, 0.1) is 17.6 Å². The Hall–Kier alpha value is -2.34. The summed E-state index contributed by atoms with van der Waals surface area (Å²) >= 11 is 0. The molecule has 1 aromatic carbocycles. The molecular weight excluding hydrogens is 360 g/mol. The Bertz CT molecular complexity index is 822. The van der Waals surface area contributed by atoms with Gasteiger partial charge in [-0.05, 0) is 68.5 Å². The molecule has 0 spiro atoms. The van der Waals surface area contributed by atoms with Gasteiger partial charge in [-0.15, -0.1) is 0 Å². The van der Waals surface area contributed by atoms with Crippen LogP contribution in [0.5, 0.6) is 0 Å². The SMILES string of the molecule is O=C(C1CC1c1ccc(F)cc1F)N(Cc1ccccn1)C1CCCNCC1. The standard InChI is InChI=1S/C22H25F2N3O/c23-15-6-7-18(21(24)12-15)19-13-20(19)22(28)27(14-16-4-1-2-10-26-16)17-5-3-9-25-11-8-17/h1-2,4,6-7,10,12,17,19-20,25H,3,5,8-9,11,13-14H2. The van der Waals surface area contributed by atoms with Gasteiger partial charge in [0, 0.05) is 24.2 Å². The minimum absolute atomic E-state index is 0.0614. The number of halogens is 2. The number of nitrogens with zero attached hydrogens (tertiary/aromatic N) is 2. The van der Waals surface area contributed by atoms with Crippen molar-refractivity contribution in [3.8, 4) is 0 Å². The van der Waals surface area contributed by atoms with Crippen LogP contribution in [-0.4, -0.2) is 34.9 Å². The van der Waals surface area contributed by atoms with E-state index in [-0.39, 0.29) is 23.8 Å². The smallest absolute Gasteiger partial charge is 0.226 e. The fraction of sp³-hybridized carbons (Fsp3) is 0.455. The van der Waals surface area contributed by atoms with Crippen LogP contribution >= 0.6 is 0 Å². The predicted molar refractivity (Wildman–Crippen MR) is 103 cm³/mol. The van der Waals surface area contributed by atoms with Crippen LogP contribution < -0.4 is 5.32 Å². The normalized spacial score (nSPS) is 24.4. The number of carbonyl (C=O) groups is 1. The molecule has 2 heterocycles. The summed E-state index contributed by atoms with van der Waals surface area (Å²) in [4.78, 5) is 19.7. The molecular formula is C22H25F2N3O. The summed E-state index contributed by atoms with van der Waals surface area (Å²) in [5, 5.41) is 3.39. The van der Waals surface area contributed by atoms with Crippen molar-refractivity contribution in [3.63, 3.8) is 0 Å². The summed E-state index contributed by atoms with van der Waals surface area (Å²) in [7, 11) is 0. The van der Waals surface area contributed by atoms with E-state index in [1.807, 2.05) is 23.1 Å². The highest BCUT2D eigenvalue weighted by Crippen LogP contribution is 2.49. The maximum Gasteiger partial charge on any atom is 0.226 e. The van der Waals surface area contributed by atoms with Crippen molar-refractivity contribution >= 4 is 5.91 Å². The van der Waals surface area contributed by atoms with Gasteiger partial charge in [0.1, 0.15) is 11.6 Å². The molecule has 4 nitrogen and oxygen atoms in total. The summed E-state index contributed by atoms with van der Waals surface area (Å²) in [5.74, 6) is -1.49. The van der Waals surface area contributed by atoms with Gasteiger partial charge >= 0.3 is 0 Å². The van der Waals surface area contributed by atoms with Crippen molar-refractivity contribution in [3.05, 3.63) is 65.5 Å². The third-order valence-corrected chi connectivity index (χ3v) is 5.80. The number of aromatic nitrogens is 1. The third-order valence-electron chi connectivity index (χ3n) is 5.80. The van der Waals surface area contributed by atoms with E-state index in [2.05, 4.69) is 10.3 Å². The summed E-state index contributed by atoms with van der Waals surface area (Å²) in [6.07, 6.45) is 5.23. The highest BCUT2D eigenvalue weighted by atomic mass is 19.1. The van der Waals surface area contributed by atoms with Crippen LogP contribution in [0.2, 0.25) is 0 Å². The fourth-order valence-corrected chi connectivity index (χ4v) is 4.19. The van der Waals surface area contributed by atoms with Crippen molar-refractivity contribution in [2.24, 2.45) is 5.92 Å². The Morgan fingerprint density at radius 3 is 2.86 bits per heavy atom. The zero-order valence-corrected chi connectivity index (χ0v) is 15.8. The van der Waals surface area contributed by atoms with Gasteiger partial charge in [-0.2, -0.15) is 0 Å². The van der Waals surface area contributed by atoms with E-state index in [1.165, 1.54) is 12.1 Å². The first-order valence-corrected chi connectivity index (χ1v) is 9.99. The van der Waals surface area contributed by atoms with Crippen LogP contribution in [0.1, 0.15) is 42.9 Å². The Kier molecular flexibility index (Phi) is 5.67. The molecule has 1 amide bonds. The number of pyridine rings is 1. The molecule has 3 unspecified atom stereocenters. The van der Waals surface area contributed by atoms with Gasteiger partial charge in [0.05, 0.1) is 12.2 Å². The van der Waals surface area contributed by atoms with Crippen molar-refractivity contribution < 1.29 is 13.6 Å². The number of amides is 1. The molecule has 2 aromatic rings. The minimum Gasteiger partial charge on any atom is -0.334 e. The molecule has 0 bridgehead atoms. The third kappa shape index (κ3) is 4.22. The van der Waals surface area contributed by atoms with Crippen LogP contribution in [0.15, 0.2) is 42.6 Å². The Morgan fingerprint density at radius 2 is 2.07 bits per heavy atom. The molecule has 148 valence electrons. The average molecular weight is 385 g/mol. The fourth-order valence-electron chi connectivity index (χ4n) is 4.19. The lowest BCUT2D eigenvalue weighted by Crippen LogP contribution is -2.41. The highest BCUT2D eigenvalue weighted by Gasteiger charge is 2.48. The van der Waals surface area contributed by atoms with E-state index < -0.39 is 11.6 Å². The van der Waals surface area contributed by atoms with Crippen molar-refractivity contribution in [1.82, 2.24) is 15.2 Å². The first-order chi connectivity index (χ1) is 13.6. The molecule has 1 saturated carbocycles. The predicted octanol–water partition coefficient (Wildman–Crippen LogP) is 3.63. The van der Waals surface area contributed by atoms with Crippen molar-refractivity contribution in [2.45, 2.75) is 44.2 Å².